The lowest BCUT2D eigenvalue weighted by molar-refractivity contribution is -0.126. The minimum absolute atomic E-state index is 0.0602. The Morgan fingerprint density at radius 1 is 1.18 bits per heavy atom. The number of aromatic nitrogens is 1. The predicted octanol–water partition coefficient (Wildman–Crippen LogP) is 3.75. The number of nitrogens with zero attached hydrogens (tertiary/aromatic N) is 1. The van der Waals surface area contributed by atoms with Gasteiger partial charge in [0.15, 0.2) is 0 Å². The summed E-state index contributed by atoms with van der Waals surface area (Å²) in [6.45, 7) is 6.66. The molecule has 1 aromatic carbocycles. The van der Waals surface area contributed by atoms with Crippen molar-refractivity contribution in [2.75, 3.05) is 31.6 Å². The van der Waals surface area contributed by atoms with E-state index in [1.165, 1.54) is 12.1 Å². The minimum Gasteiger partial charge on any atom is -0.490 e. The fourth-order valence-electron chi connectivity index (χ4n) is 3.38. The number of carbonyl (C=O) groups excluding carboxylic acids is 2. The lowest BCUT2D eigenvalue weighted by Gasteiger charge is -2.11. The van der Waals surface area contributed by atoms with Crippen LogP contribution in [0.1, 0.15) is 51.1 Å². The van der Waals surface area contributed by atoms with Crippen LogP contribution in [-0.4, -0.2) is 61.9 Å². The maximum absolute atomic E-state index is 12.6. The molecular weight excluding hydrogens is 491 g/mol. The average Bonchev–Trinajstić information content (AvgIpc) is 3.60. The van der Waals surface area contributed by atoms with E-state index in [-0.39, 0.29) is 23.9 Å². The number of carbonyl (C=O) groups is 2. The van der Waals surface area contributed by atoms with Crippen molar-refractivity contribution < 1.29 is 28.2 Å². The van der Waals surface area contributed by atoms with Gasteiger partial charge in [-0.3, -0.25) is 14.6 Å². The highest BCUT2D eigenvalue weighted by Crippen LogP contribution is 2.26. The summed E-state index contributed by atoms with van der Waals surface area (Å²) in [5.41, 5.74) is 6.92. The molecule has 9 nitrogen and oxygen atoms in total. The highest BCUT2D eigenvalue weighted by atomic mass is 19.1. The Bertz CT molecular complexity index is 960. The molecule has 210 valence electrons. The second kappa shape index (κ2) is 18.2. The smallest absolute Gasteiger partial charge is 0.253 e. The van der Waals surface area contributed by atoms with Gasteiger partial charge in [0.25, 0.3) is 5.91 Å². The molecular formula is C28H41FN4O5. The molecule has 2 aromatic rings. The maximum Gasteiger partial charge on any atom is 0.253 e. The van der Waals surface area contributed by atoms with Crippen molar-refractivity contribution in [3.8, 4) is 5.75 Å². The molecule has 4 rings (SSSR count). The number of pyridine rings is 1. The molecule has 1 saturated heterocycles. The molecule has 0 radical (unpaired) electrons. The highest BCUT2D eigenvalue weighted by Gasteiger charge is 2.28. The number of nitrogens with one attached hydrogen (secondary N) is 2. The molecule has 2 heterocycles. The second-order valence-electron chi connectivity index (χ2n) is 9.14. The number of amides is 2. The molecule has 0 bridgehead atoms. The molecule has 1 aromatic heterocycles. The summed E-state index contributed by atoms with van der Waals surface area (Å²) in [5.74, 6) is 0.352. The summed E-state index contributed by atoms with van der Waals surface area (Å²) in [6.07, 6.45) is 8.35. The van der Waals surface area contributed by atoms with Gasteiger partial charge in [-0.15, -0.1) is 0 Å². The molecule has 1 saturated carbocycles. The summed E-state index contributed by atoms with van der Waals surface area (Å²) in [7, 11) is 0. The van der Waals surface area contributed by atoms with E-state index in [9.17, 15) is 14.0 Å². The van der Waals surface area contributed by atoms with Crippen molar-refractivity contribution in [3.63, 3.8) is 0 Å². The molecule has 2 amide bonds. The van der Waals surface area contributed by atoms with Crippen LogP contribution in [0, 0.1) is 12.7 Å². The third kappa shape index (κ3) is 14.0. The first-order chi connectivity index (χ1) is 18.4. The zero-order valence-corrected chi connectivity index (χ0v) is 22.4. The second-order valence-corrected chi connectivity index (χ2v) is 9.14. The summed E-state index contributed by atoms with van der Waals surface area (Å²) in [4.78, 5) is 25.7. The number of nitrogens with two attached hydrogens (primary N) is 1. The Hall–Kier alpha value is -3.08. The average molecular weight is 533 g/mol. The van der Waals surface area contributed by atoms with Crippen molar-refractivity contribution >= 4 is 18.0 Å². The van der Waals surface area contributed by atoms with Gasteiger partial charge in [0.05, 0.1) is 12.2 Å². The van der Waals surface area contributed by atoms with Crippen molar-refractivity contribution in [1.82, 2.24) is 10.3 Å². The van der Waals surface area contributed by atoms with Crippen LogP contribution < -0.4 is 21.1 Å². The van der Waals surface area contributed by atoms with E-state index in [2.05, 4.69) is 15.6 Å². The van der Waals surface area contributed by atoms with E-state index in [4.69, 9.17) is 19.9 Å². The number of hydrogen-bond acceptors (Lipinski definition) is 7. The third-order valence-electron chi connectivity index (χ3n) is 5.50. The minimum atomic E-state index is -0.302. The van der Waals surface area contributed by atoms with Gasteiger partial charge in [-0.25, -0.2) is 4.39 Å². The van der Waals surface area contributed by atoms with E-state index < -0.39 is 0 Å². The molecule has 2 aliphatic rings. The first-order valence-electron chi connectivity index (χ1n) is 13.2. The van der Waals surface area contributed by atoms with Crippen LogP contribution in [0.5, 0.6) is 5.75 Å². The molecule has 1 aliphatic heterocycles. The van der Waals surface area contributed by atoms with Crippen LogP contribution in [0.4, 0.5) is 10.1 Å². The topological polar surface area (TPSA) is 125 Å². The Labute approximate surface area is 224 Å². The number of aryl methyl sites for hydroxylation is 1. The predicted molar refractivity (Wildman–Crippen MR) is 144 cm³/mol. The number of ether oxygens (including phenoxy) is 3. The zero-order chi connectivity index (χ0) is 27.6. The van der Waals surface area contributed by atoms with E-state index in [0.29, 0.717) is 38.0 Å². The largest absolute Gasteiger partial charge is 0.490 e. The van der Waals surface area contributed by atoms with Crippen molar-refractivity contribution in [2.24, 2.45) is 5.73 Å². The van der Waals surface area contributed by atoms with Gasteiger partial charge in [-0.2, -0.15) is 0 Å². The molecule has 2 fully saturated rings. The van der Waals surface area contributed by atoms with Crippen LogP contribution in [0.2, 0.25) is 0 Å². The number of halogens is 1. The van der Waals surface area contributed by atoms with Gasteiger partial charge in [0, 0.05) is 43.4 Å². The van der Waals surface area contributed by atoms with Crippen LogP contribution in [0.15, 0.2) is 42.6 Å². The van der Waals surface area contributed by atoms with Crippen LogP contribution >= 0.6 is 0 Å². The molecule has 10 heteroatoms. The first kappa shape index (κ1) is 31.1. The van der Waals surface area contributed by atoms with Gasteiger partial charge in [0.2, 0.25) is 6.41 Å². The lowest BCUT2D eigenvalue weighted by Crippen LogP contribution is -2.27. The molecule has 4 N–H and O–H groups in total. The van der Waals surface area contributed by atoms with Gasteiger partial charge in [-0.05, 0) is 83.2 Å². The number of hydrogen-bond donors (Lipinski definition) is 3. The van der Waals surface area contributed by atoms with E-state index >= 15 is 0 Å². The Balaban J connectivity index is 0.000000206. The first-order valence-corrected chi connectivity index (χ1v) is 13.2. The number of rotatable bonds is 12. The SMILES string of the molecule is Cc1cc(NC(=O)C2CCC(C)O2)ccn1.Fc1cccc(OC2CC2)c1.NCCCOCCCNC=O. The third-order valence-corrected chi connectivity index (χ3v) is 5.50. The van der Waals surface area contributed by atoms with Gasteiger partial charge < -0.3 is 30.6 Å². The van der Waals surface area contributed by atoms with E-state index in [1.54, 1.807) is 24.4 Å². The van der Waals surface area contributed by atoms with E-state index in [1.807, 2.05) is 19.9 Å². The molecule has 2 unspecified atom stereocenters. The van der Waals surface area contributed by atoms with E-state index in [0.717, 1.165) is 56.5 Å². The monoisotopic (exact) mass is 532 g/mol. The number of anilines is 1. The van der Waals surface area contributed by atoms with Crippen molar-refractivity contribution in [3.05, 3.63) is 54.1 Å². The highest BCUT2D eigenvalue weighted by molar-refractivity contribution is 5.94. The summed E-state index contributed by atoms with van der Waals surface area (Å²) in [5, 5.41) is 5.40. The Kier molecular flexibility index (Phi) is 14.9. The van der Waals surface area contributed by atoms with Crippen molar-refractivity contribution in [1.29, 1.82) is 0 Å². The summed E-state index contributed by atoms with van der Waals surface area (Å²) < 4.78 is 28.6. The van der Waals surface area contributed by atoms with Crippen LogP contribution in [0.3, 0.4) is 0 Å². The molecule has 38 heavy (non-hydrogen) atoms. The Morgan fingerprint density at radius 3 is 2.61 bits per heavy atom. The lowest BCUT2D eigenvalue weighted by atomic mass is 10.2. The van der Waals surface area contributed by atoms with Crippen LogP contribution in [0.25, 0.3) is 0 Å². The maximum atomic E-state index is 12.6. The summed E-state index contributed by atoms with van der Waals surface area (Å²) in [6, 6.07) is 9.89. The fraction of sp³-hybridized carbons (Fsp3) is 0.536. The zero-order valence-electron chi connectivity index (χ0n) is 22.4. The quantitative estimate of drug-likeness (QED) is 0.281. The van der Waals surface area contributed by atoms with Gasteiger partial charge >= 0.3 is 0 Å². The Morgan fingerprint density at radius 2 is 1.97 bits per heavy atom. The fourth-order valence-corrected chi connectivity index (χ4v) is 3.38. The molecule has 1 aliphatic carbocycles. The summed E-state index contributed by atoms with van der Waals surface area (Å²) >= 11 is 0. The molecule has 2 atom stereocenters. The molecule has 0 spiro atoms. The number of benzene rings is 1. The van der Waals surface area contributed by atoms with Gasteiger partial charge in [0.1, 0.15) is 17.7 Å². The van der Waals surface area contributed by atoms with Gasteiger partial charge in [-0.1, -0.05) is 6.07 Å². The van der Waals surface area contributed by atoms with Crippen LogP contribution in [-0.2, 0) is 19.1 Å². The standard InChI is InChI=1S/C12H16N2O2.C9H9FO.C7H16N2O2/c1-8-7-10(5-6-13-8)14-12(15)11-4-3-9(2)16-11;10-7-2-1-3-9(6-7)11-8-4-5-8;8-3-1-5-11-6-2-4-9-7-10/h5-7,9,11H,3-4H2,1-2H3,(H,13,14,15);1-3,6,8H,4-5H2;7H,1-6,8H2,(H,9,10). The normalized spacial score (nSPS) is 17.8. The van der Waals surface area contributed by atoms with Crippen molar-refractivity contribution in [2.45, 2.75) is 70.7 Å².